The number of anilines is 2. The van der Waals surface area contributed by atoms with Gasteiger partial charge in [-0.05, 0) is 79.4 Å². The van der Waals surface area contributed by atoms with Crippen LogP contribution in [0.3, 0.4) is 0 Å². The van der Waals surface area contributed by atoms with Crippen LogP contribution in [0.2, 0.25) is 0 Å². The Kier molecular flexibility index (Phi) is 3.72. The van der Waals surface area contributed by atoms with E-state index in [2.05, 4.69) is 15.6 Å². The van der Waals surface area contributed by atoms with Crippen molar-refractivity contribution >= 4 is 29.4 Å². The lowest BCUT2D eigenvalue weighted by Gasteiger charge is -2.55. The van der Waals surface area contributed by atoms with Gasteiger partial charge in [-0.15, -0.1) is 0 Å². The third-order valence-electron chi connectivity index (χ3n) is 8.28. The number of carbonyl (C=O) groups is 3. The molecule has 6 fully saturated rings. The van der Waals surface area contributed by atoms with Crippen molar-refractivity contribution in [3.05, 3.63) is 0 Å². The fourth-order valence-corrected chi connectivity index (χ4v) is 7.41. The number of aromatic nitrogens is 2. The molecule has 0 aromatic carbocycles. The van der Waals surface area contributed by atoms with E-state index in [9.17, 15) is 14.4 Å². The SMILES string of the molecule is O=C1C2CCCCC2C(=O)N1c1nonc1NC(=O)C12CC3CC(CC(C3)C1)C2. The molecule has 1 saturated heterocycles. The number of imide groups is 1. The number of hydrogen-bond donors (Lipinski definition) is 1. The number of hydrogen-bond acceptors (Lipinski definition) is 6. The molecule has 1 N–H and O–H groups in total. The predicted molar refractivity (Wildman–Crippen MR) is 101 cm³/mol. The van der Waals surface area contributed by atoms with Crippen LogP contribution in [0.1, 0.15) is 64.2 Å². The van der Waals surface area contributed by atoms with Gasteiger partial charge in [0.1, 0.15) is 0 Å². The van der Waals surface area contributed by atoms with E-state index in [1.54, 1.807) is 0 Å². The molecule has 2 heterocycles. The summed E-state index contributed by atoms with van der Waals surface area (Å²) in [4.78, 5) is 40.2. The molecule has 3 amide bonds. The quantitative estimate of drug-likeness (QED) is 0.785. The van der Waals surface area contributed by atoms with Crippen LogP contribution in [0, 0.1) is 35.0 Å². The van der Waals surface area contributed by atoms with Gasteiger partial charge in [0.15, 0.2) is 0 Å². The highest BCUT2D eigenvalue weighted by Crippen LogP contribution is 2.60. The van der Waals surface area contributed by atoms with E-state index in [1.807, 2.05) is 0 Å². The van der Waals surface area contributed by atoms with Gasteiger partial charge in [0.2, 0.25) is 29.4 Å². The molecule has 8 nitrogen and oxygen atoms in total. The Morgan fingerprint density at radius 2 is 1.48 bits per heavy atom. The van der Waals surface area contributed by atoms with Crippen molar-refractivity contribution in [2.24, 2.45) is 35.0 Å². The topological polar surface area (TPSA) is 105 Å². The van der Waals surface area contributed by atoms with Crippen LogP contribution in [0.15, 0.2) is 4.63 Å². The summed E-state index contributed by atoms with van der Waals surface area (Å²) in [5, 5.41) is 10.6. The Morgan fingerprint density at radius 1 is 0.931 bits per heavy atom. The maximum absolute atomic E-state index is 13.3. The molecular formula is C21H26N4O4. The van der Waals surface area contributed by atoms with E-state index in [0.29, 0.717) is 17.8 Å². The van der Waals surface area contributed by atoms with Gasteiger partial charge in [-0.2, -0.15) is 0 Å². The van der Waals surface area contributed by atoms with E-state index in [4.69, 9.17) is 4.63 Å². The van der Waals surface area contributed by atoms with Gasteiger partial charge in [-0.1, -0.05) is 12.8 Å². The number of carbonyl (C=O) groups excluding carboxylic acids is 3. The second kappa shape index (κ2) is 6.12. The molecule has 6 aliphatic rings. The van der Waals surface area contributed by atoms with Gasteiger partial charge in [0, 0.05) is 0 Å². The highest BCUT2D eigenvalue weighted by Gasteiger charge is 2.55. The lowest BCUT2D eigenvalue weighted by Crippen LogP contribution is -2.51. The molecule has 2 unspecified atom stereocenters. The second-order valence-electron chi connectivity index (χ2n) is 10.1. The molecule has 4 bridgehead atoms. The molecule has 1 aromatic heterocycles. The Hall–Kier alpha value is -2.25. The standard InChI is InChI=1S/C21H26N4O4/c26-18-14-3-1-2-4-15(14)19(27)25(18)17-16(23-29-24-17)22-20(28)21-8-11-5-12(9-21)7-13(6-11)10-21/h11-15H,1-10H2,(H,22,23,28). The average Bonchev–Trinajstić information content (AvgIpc) is 3.23. The zero-order valence-electron chi connectivity index (χ0n) is 16.4. The summed E-state index contributed by atoms with van der Waals surface area (Å²) >= 11 is 0. The van der Waals surface area contributed by atoms with Crippen LogP contribution >= 0.6 is 0 Å². The fourth-order valence-electron chi connectivity index (χ4n) is 7.41. The van der Waals surface area contributed by atoms with Crippen LogP contribution < -0.4 is 10.2 Å². The molecule has 29 heavy (non-hydrogen) atoms. The molecule has 1 aromatic rings. The van der Waals surface area contributed by atoms with Crippen molar-refractivity contribution in [2.75, 3.05) is 10.2 Å². The second-order valence-corrected chi connectivity index (χ2v) is 10.1. The molecule has 8 heteroatoms. The lowest BCUT2D eigenvalue weighted by molar-refractivity contribution is -0.140. The summed E-state index contributed by atoms with van der Waals surface area (Å²) in [6.45, 7) is 0. The van der Waals surface area contributed by atoms with E-state index in [0.717, 1.165) is 49.8 Å². The maximum Gasteiger partial charge on any atom is 0.239 e. The van der Waals surface area contributed by atoms with Gasteiger partial charge in [0.05, 0.1) is 17.3 Å². The van der Waals surface area contributed by atoms with Crippen LogP contribution in [0.5, 0.6) is 0 Å². The minimum absolute atomic E-state index is 0.0486. The van der Waals surface area contributed by atoms with Crippen LogP contribution in [-0.4, -0.2) is 28.0 Å². The summed E-state index contributed by atoms with van der Waals surface area (Å²) in [6, 6.07) is 0. The Bertz CT molecular complexity index is 834. The first-order valence-electron chi connectivity index (χ1n) is 11.1. The molecule has 0 radical (unpaired) electrons. The van der Waals surface area contributed by atoms with Gasteiger partial charge < -0.3 is 5.32 Å². The average molecular weight is 398 g/mol. The van der Waals surface area contributed by atoms with Crippen LogP contribution in [-0.2, 0) is 14.4 Å². The van der Waals surface area contributed by atoms with Crippen LogP contribution in [0.4, 0.5) is 11.6 Å². The molecule has 1 aliphatic heterocycles. The Balaban J connectivity index is 1.26. The number of nitrogens with one attached hydrogen (secondary N) is 1. The summed E-state index contributed by atoms with van der Waals surface area (Å²) < 4.78 is 4.87. The highest BCUT2D eigenvalue weighted by molar-refractivity contribution is 6.23. The van der Waals surface area contributed by atoms with E-state index >= 15 is 0 Å². The van der Waals surface area contributed by atoms with Gasteiger partial charge in [0.25, 0.3) is 0 Å². The molecule has 2 atom stereocenters. The van der Waals surface area contributed by atoms with Crippen molar-refractivity contribution < 1.29 is 19.0 Å². The normalized spacial score (nSPS) is 40.4. The molecule has 7 rings (SSSR count). The van der Waals surface area contributed by atoms with Gasteiger partial charge in [-0.25, -0.2) is 9.53 Å². The third-order valence-corrected chi connectivity index (χ3v) is 8.28. The molecule has 154 valence electrons. The zero-order chi connectivity index (χ0) is 19.8. The molecule has 5 saturated carbocycles. The van der Waals surface area contributed by atoms with Gasteiger partial charge >= 0.3 is 0 Å². The fraction of sp³-hybridized carbons (Fsp3) is 0.762. The number of nitrogens with zero attached hydrogens (tertiary/aromatic N) is 3. The molecule has 5 aliphatic carbocycles. The van der Waals surface area contributed by atoms with Crippen molar-refractivity contribution in [2.45, 2.75) is 64.2 Å². The summed E-state index contributed by atoms with van der Waals surface area (Å²) in [6.07, 6.45) is 9.92. The van der Waals surface area contributed by atoms with Crippen LogP contribution in [0.25, 0.3) is 0 Å². The Labute approximate surface area is 168 Å². The number of fused-ring (bicyclic) bond motifs is 1. The predicted octanol–water partition coefficient (Wildman–Crippen LogP) is 2.90. The molecule has 0 spiro atoms. The summed E-state index contributed by atoms with van der Waals surface area (Å²) in [5.41, 5.74) is -0.349. The first-order chi connectivity index (χ1) is 14.0. The van der Waals surface area contributed by atoms with Crippen molar-refractivity contribution in [1.82, 2.24) is 10.3 Å². The van der Waals surface area contributed by atoms with E-state index in [-0.39, 0.29) is 46.6 Å². The first kappa shape index (κ1) is 17.6. The highest BCUT2D eigenvalue weighted by atomic mass is 16.6. The van der Waals surface area contributed by atoms with Crippen molar-refractivity contribution in [3.63, 3.8) is 0 Å². The summed E-state index contributed by atoms with van der Waals surface area (Å²) in [7, 11) is 0. The summed E-state index contributed by atoms with van der Waals surface area (Å²) in [5.74, 6) is 1.01. The Morgan fingerprint density at radius 3 is 2.03 bits per heavy atom. The maximum atomic E-state index is 13.3. The minimum Gasteiger partial charge on any atom is -0.304 e. The van der Waals surface area contributed by atoms with Crippen molar-refractivity contribution in [3.8, 4) is 0 Å². The van der Waals surface area contributed by atoms with E-state index in [1.165, 1.54) is 19.3 Å². The molecular weight excluding hydrogens is 372 g/mol. The van der Waals surface area contributed by atoms with Crippen molar-refractivity contribution in [1.29, 1.82) is 0 Å². The first-order valence-corrected chi connectivity index (χ1v) is 11.1. The van der Waals surface area contributed by atoms with E-state index < -0.39 is 0 Å². The lowest BCUT2D eigenvalue weighted by atomic mass is 9.49. The largest absolute Gasteiger partial charge is 0.304 e. The zero-order valence-corrected chi connectivity index (χ0v) is 16.4. The third kappa shape index (κ3) is 2.53. The smallest absolute Gasteiger partial charge is 0.239 e. The van der Waals surface area contributed by atoms with Gasteiger partial charge in [-0.3, -0.25) is 14.4 Å². The number of amides is 3. The monoisotopic (exact) mass is 398 g/mol. The minimum atomic E-state index is -0.349. The number of rotatable bonds is 3.